The monoisotopic (exact) mass is 273 g/mol. The van der Waals surface area contributed by atoms with Gasteiger partial charge in [-0.2, -0.15) is 5.10 Å². The van der Waals surface area contributed by atoms with E-state index in [1.165, 1.54) is 10.2 Å². The van der Waals surface area contributed by atoms with Crippen LogP contribution in [0.2, 0.25) is 0 Å². The summed E-state index contributed by atoms with van der Waals surface area (Å²) < 4.78 is 1.51. The Balaban J connectivity index is 2.23. The third-order valence-corrected chi connectivity index (χ3v) is 3.15. The average Bonchev–Trinajstić information content (AvgIpc) is 2.71. The van der Waals surface area contributed by atoms with Gasteiger partial charge in [0.15, 0.2) is 0 Å². The van der Waals surface area contributed by atoms with Crippen LogP contribution in [0.4, 0.5) is 0 Å². The number of hydrogen-bond donors (Lipinski definition) is 1. The SMILES string of the molecule is Cc1c(-c2ccc(CN(C)C)cc2)cnn1CC(=O)O. The second-order valence-corrected chi connectivity index (χ2v) is 5.13. The minimum Gasteiger partial charge on any atom is -0.480 e. The van der Waals surface area contributed by atoms with Crippen LogP contribution in [0, 0.1) is 6.92 Å². The second kappa shape index (κ2) is 5.88. The van der Waals surface area contributed by atoms with E-state index in [1.54, 1.807) is 6.20 Å². The number of nitrogens with zero attached hydrogens (tertiary/aromatic N) is 3. The normalized spacial score (nSPS) is 11.0. The first-order valence-corrected chi connectivity index (χ1v) is 6.45. The first kappa shape index (κ1) is 14.3. The van der Waals surface area contributed by atoms with Crippen LogP contribution in [0.3, 0.4) is 0 Å². The van der Waals surface area contributed by atoms with Crippen molar-refractivity contribution in [3.8, 4) is 11.1 Å². The molecule has 0 aliphatic heterocycles. The van der Waals surface area contributed by atoms with Gasteiger partial charge in [0, 0.05) is 17.8 Å². The molecule has 2 aromatic rings. The van der Waals surface area contributed by atoms with E-state index < -0.39 is 5.97 Å². The van der Waals surface area contributed by atoms with Crippen LogP contribution in [-0.4, -0.2) is 39.9 Å². The molecule has 0 unspecified atom stereocenters. The maximum Gasteiger partial charge on any atom is 0.325 e. The molecule has 0 saturated carbocycles. The molecule has 5 nitrogen and oxygen atoms in total. The number of carboxylic acid groups (broad SMARTS) is 1. The standard InChI is InChI=1S/C15H19N3O2/c1-11-14(8-16-18(11)10-15(19)20)13-6-4-12(5-7-13)9-17(2)3/h4-8H,9-10H2,1-3H3,(H,19,20). The minimum atomic E-state index is -0.885. The molecule has 0 radical (unpaired) electrons. The third-order valence-electron chi connectivity index (χ3n) is 3.15. The van der Waals surface area contributed by atoms with Crippen LogP contribution in [0.15, 0.2) is 30.5 Å². The van der Waals surface area contributed by atoms with Crippen molar-refractivity contribution in [3.05, 3.63) is 41.7 Å². The van der Waals surface area contributed by atoms with Crippen molar-refractivity contribution < 1.29 is 9.90 Å². The van der Waals surface area contributed by atoms with E-state index in [2.05, 4.69) is 22.1 Å². The molecule has 0 saturated heterocycles. The summed E-state index contributed by atoms with van der Waals surface area (Å²) in [5.74, 6) is -0.885. The van der Waals surface area contributed by atoms with Crippen LogP contribution in [0.25, 0.3) is 11.1 Å². The molecule has 1 N–H and O–H groups in total. The zero-order valence-corrected chi connectivity index (χ0v) is 12.0. The number of benzene rings is 1. The van der Waals surface area contributed by atoms with Gasteiger partial charge in [0.1, 0.15) is 6.54 Å². The molecule has 1 heterocycles. The Bertz CT molecular complexity index is 600. The molecule has 0 bridgehead atoms. The summed E-state index contributed by atoms with van der Waals surface area (Å²) in [5, 5.41) is 13.0. The van der Waals surface area contributed by atoms with E-state index in [0.717, 1.165) is 23.4 Å². The molecule has 2 rings (SSSR count). The predicted molar refractivity (Wildman–Crippen MR) is 77.4 cm³/mol. The molecule has 1 aromatic heterocycles. The van der Waals surface area contributed by atoms with Crippen molar-refractivity contribution >= 4 is 5.97 Å². The maximum atomic E-state index is 10.7. The van der Waals surface area contributed by atoms with E-state index in [4.69, 9.17) is 5.11 Å². The molecule has 20 heavy (non-hydrogen) atoms. The summed E-state index contributed by atoms with van der Waals surface area (Å²) in [6.45, 7) is 2.68. The van der Waals surface area contributed by atoms with E-state index >= 15 is 0 Å². The van der Waals surface area contributed by atoms with Crippen molar-refractivity contribution in [2.24, 2.45) is 0 Å². The second-order valence-electron chi connectivity index (χ2n) is 5.13. The highest BCUT2D eigenvalue weighted by Gasteiger charge is 2.10. The zero-order valence-electron chi connectivity index (χ0n) is 12.0. The molecule has 0 spiro atoms. The van der Waals surface area contributed by atoms with Crippen molar-refractivity contribution in [3.63, 3.8) is 0 Å². The van der Waals surface area contributed by atoms with Crippen molar-refractivity contribution in [1.29, 1.82) is 0 Å². The Morgan fingerprint density at radius 2 is 1.95 bits per heavy atom. The van der Waals surface area contributed by atoms with Crippen LogP contribution < -0.4 is 0 Å². The topological polar surface area (TPSA) is 58.4 Å². The summed E-state index contributed by atoms with van der Waals surface area (Å²) in [7, 11) is 4.07. The van der Waals surface area contributed by atoms with Crippen LogP contribution >= 0.6 is 0 Å². The number of rotatable bonds is 5. The lowest BCUT2D eigenvalue weighted by Crippen LogP contribution is -2.11. The Morgan fingerprint density at radius 3 is 2.50 bits per heavy atom. The lowest BCUT2D eigenvalue weighted by molar-refractivity contribution is -0.137. The Hall–Kier alpha value is -2.14. The molecular formula is C15H19N3O2. The quantitative estimate of drug-likeness (QED) is 0.905. The van der Waals surface area contributed by atoms with Crippen molar-refractivity contribution in [1.82, 2.24) is 14.7 Å². The number of aromatic nitrogens is 2. The first-order valence-electron chi connectivity index (χ1n) is 6.45. The number of carboxylic acids is 1. The van der Waals surface area contributed by atoms with Crippen LogP contribution in [0.5, 0.6) is 0 Å². The van der Waals surface area contributed by atoms with E-state index in [9.17, 15) is 4.79 Å². The molecule has 0 aliphatic carbocycles. The zero-order chi connectivity index (χ0) is 14.7. The molecule has 106 valence electrons. The van der Waals surface area contributed by atoms with Gasteiger partial charge in [0.25, 0.3) is 0 Å². The van der Waals surface area contributed by atoms with Crippen LogP contribution in [0.1, 0.15) is 11.3 Å². The fourth-order valence-electron chi connectivity index (χ4n) is 2.17. The summed E-state index contributed by atoms with van der Waals surface area (Å²) in [4.78, 5) is 12.9. The van der Waals surface area contributed by atoms with Gasteiger partial charge in [-0.3, -0.25) is 9.48 Å². The van der Waals surface area contributed by atoms with Gasteiger partial charge >= 0.3 is 5.97 Å². The highest BCUT2D eigenvalue weighted by molar-refractivity contribution is 5.69. The molecule has 0 aliphatic rings. The van der Waals surface area contributed by atoms with Gasteiger partial charge in [-0.05, 0) is 32.1 Å². The largest absolute Gasteiger partial charge is 0.480 e. The summed E-state index contributed by atoms with van der Waals surface area (Å²) in [6, 6.07) is 8.27. The molecule has 0 atom stereocenters. The highest BCUT2D eigenvalue weighted by Crippen LogP contribution is 2.23. The Kier molecular flexibility index (Phi) is 4.20. The Morgan fingerprint density at radius 1 is 1.30 bits per heavy atom. The lowest BCUT2D eigenvalue weighted by atomic mass is 10.0. The Labute approximate surface area is 118 Å². The van der Waals surface area contributed by atoms with Gasteiger partial charge < -0.3 is 10.0 Å². The smallest absolute Gasteiger partial charge is 0.325 e. The van der Waals surface area contributed by atoms with Crippen molar-refractivity contribution in [2.45, 2.75) is 20.0 Å². The fourth-order valence-corrected chi connectivity index (χ4v) is 2.17. The number of carbonyl (C=O) groups is 1. The minimum absolute atomic E-state index is 0.107. The van der Waals surface area contributed by atoms with Gasteiger partial charge in [0.05, 0.1) is 6.20 Å². The third kappa shape index (κ3) is 3.24. The van der Waals surface area contributed by atoms with Gasteiger partial charge in [-0.15, -0.1) is 0 Å². The lowest BCUT2D eigenvalue weighted by Gasteiger charge is -2.10. The summed E-state index contributed by atoms with van der Waals surface area (Å²) in [6.07, 6.45) is 1.72. The molecule has 0 amide bonds. The first-order chi connectivity index (χ1) is 9.47. The van der Waals surface area contributed by atoms with Crippen molar-refractivity contribution in [2.75, 3.05) is 14.1 Å². The molecule has 5 heteroatoms. The summed E-state index contributed by atoms with van der Waals surface area (Å²) in [5.41, 5.74) is 4.14. The molecule has 0 fully saturated rings. The predicted octanol–water partition coefficient (Wildman–Crippen LogP) is 2.00. The van der Waals surface area contributed by atoms with Gasteiger partial charge in [-0.1, -0.05) is 24.3 Å². The number of hydrogen-bond acceptors (Lipinski definition) is 3. The average molecular weight is 273 g/mol. The van der Waals surface area contributed by atoms with Crippen LogP contribution in [-0.2, 0) is 17.9 Å². The highest BCUT2D eigenvalue weighted by atomic mass is 16.4. The van der Waals surface area contributed by atoms with E-state index in [1.807, 2.05) is 33.2 Å². The van der Waals surface area contributed by atoms with E-state index in [0.29, 0.717) is 0 Å². The number of aliphatic carboxylic acids is 1. The molecule has 1 aromatic carbocycles. The van der Waals surface area contributed by atoms with Gasteiger partial charge in [-0.25, -0.2) is 0 Å². The fraction of sp³-hybridized carbons (Fsp3) is 0.333. The molecular weight excluding hydrogens is 254 g/mol. The maximum absolute atomic E-state index is 10.7. The summed E-state index contributed by atoms with van der Waals surface area (Å²) >= 11 is 0. The van der Waals surface area contributed by atoms with Gasteiger partial charge in [0.2, 0.25) is 0 Å². The van der Waals surface area contributed by atoms with E-state index in [-0.39, 0.29) is 6.54 Å².